The van der Waals surface area contributed by atoms with Gasteiger partial charge in [-0.2, -0.15) is 5.10 Å². The molecule has 0 aliphatic carbocycles. The molecule has 0 bridgehead atoms. The summed E-state index contributed by atoms with van der Waals surface area (Å²) in [5.74, 6) is 0. The maximum Gasteiger partial charge on any atom is 0.263 e. The second-order valence-electron chi connectivity index (χ2n) is 5.16. The number of rotatable bonds is 6. The first kappa shape index (κ1) is 15.6. The Hall–Kier alpha value is -1.79. The second-order valence-corrected chi connectivity index (χ2v) is 5.16. The van der Waals surface area contributed by atoms with E-state index < -0.39 is 6.43 Å². The van der Waals surface area contributed by atoms with Crippen LogP contribution >= 0.6 is 0 Å². The van der Waals surface area contributed by atoms with Crippen LogP contribution in [0.25, 0.3) is 0 Å². The smallest absolute Gasteiger partial charge is 0.263 e. The van der Waals surface area contributed by atoms with Crippen LogP contribution in [0.3, 0.4) is 0 Å². The number of halogens is 2. The van der Waals surface area contributed by atoms with E-state index in [1.807, 2.05) is 31.3 Å². The minimum Gasteiger partial charge on any atom is -0.329 e. The molecule has 2 rings (SSSR count). The Labute approximate surface area is 123 Å². The summed E-state index contributed by atoms with van der Waals surface area (Å²) in [6, 6.07) is 6.34. The molecule has 21 heavy (non-hydrogen) atoms. The highest BCUT2D eigenvalue weighted by Gasteiger charge is 2.18. The topological polar surface area (TPSA) is 47.1 Å². The monoisotopic (exact) mass is 294 g/mol. The Bertz CT molecular complexity index is 583. The van der Waals surface area contributed by atoms with E-state index in [1.54, 1.807) is 16.9 Å². The third kappa shape index (κ3) is 3.86. The van der Waals surface area contributed by atoms with Gasteiger partial charge in [0.15, 0.2) is 0 Å². The molecule has 114 valence electrons. The lowest BCUT2D eigenvalue weighted by Crippen LogP contribution is -2.30. The molecule has 1 aromatic carbocycles. The van der Waals surface area contributed by atoms with Crippen molar-refractivity contribution in [3.05, 3.63) is 53.3 Å². The minimum absolute atomic E-state index is 0.0285. The number of alkyl halides is 2. The van der Waals surface area contributed by atoms with Crippen molar-refractivity contribution < 1.29 is 8.78 Å². The Morgan fingerprint density at radius 3 is 2.62 bits per heavy atom. The summed E-state index contributed by atoms with van der Waals surface area (Å²) < 4.78 is 27.4. The van der Waals surface area contributed by atoms with Gasteiger partial charge < -0.3 is 5.73 Å². The molecule has 1 aromatic heterocycles. The first-order chi connectivity index (χ1) is 10.0. The summed E-state index contributed by atoms with van der Waals surface area (Å²) in [6.45, 7) is 1.03. The molecule has 4 nitrogen and oxygen atoms in total. The molecular formula is C15H20F2N4. The predicted molar refractivity (Wildman–Crippen MR) is 77.9 cm³/mol. The van der Waals surface area contributed by atoms with Gasteiger partial charge in [0.05, 0.1) is 6.20 Å². The molecule has 1 atom stereocenters. The summed E-state index contributed by atoms with van der Waals surface area (Å²) in [7, 11) is 3.79. The maximum atomic E-state index is 12.8. The molecule has 0 aliphatic rings. The summed E-state index contributed by atoms with van der Waals surface area (Å²) in [4.78, 5) is 2.04. The Morgan fingerprint density at radius 2 is 2.05 bits per heavy atom. The number of likely N-dealkylation sites (N-methyl/N-ethyl adjacent to an activating group) is 1. The Balaban J connectivity index is 2.16. The first-order valence-electron chi connectivity index (χ1n) is 6.77. The van der Waals surface area contributed by atoms with Crippen LogP contribution in [0.1, 0.15) is 29.2 Å². The molecule has 0 spiro atoms. The van der Waals surface area contributed by atoms with Crippen LogP contribution in [0.15, 0.2) is 36.7 Å². The van der Waals surface area contributed by atoms with Crippen molar-refractivity contribution in [2.75, 3.05) is 13.6 Å². The number of aryl methyl sites for hydroxylation is 1. The van der Waals surface area contributed by atoms with E-state index in [2.05, 4.69) is 5.10 Å². The standard InChI is InChI=1S/C15H20F2N4/c1-20(9-11-8-19-21(2)10-11)14(7-18)12-4-3-5-13(6-12)15(16)17/h3-6,8,10,14-15H,7,9,18H2,1-2H3. The van der Waals surface area contributed by atoms with Gasteiger partial charge in [-0.1, -0.05) is 18.2 Å². The average Bonchev–Trinajstić information content (AvgIpc) is 2.85. The van der Waals surface area contributed by atoms with E-state index in [-0.39, 0.29) is 11.6 Å². The molecule has 2 N–H and O–H groups in total. The number of hydrogen-bond acceptors (Lipinski definition) is 3. The summed E-state index contributed by atoms with van der Waals surface area (Å²) in [5.41, 5.74) is 7.74. The molecule has 0 aliphatic heterocycles. The lowest BCUT2D eigenvalue weighted by molar-refractivity contribution is 0.151. The fourth-order valence-corrected chi connectivity index (χ4v) is 2.42. The molecule has 1 heterocycles. The van der Waals surface area contributed by atoms with Gasteiger partial charge >= 0.3 is 0 Å². The van der Waals surface area contributed by atoms with Crippen molar-refractivity contribution >= 4 is 0 Å². The van der Waals surface area contributed by atoms with Crippen molar-refractivity contribution in [1.29, 1.82) is 0 Å². The highest BCUT2D eigenvalue weighted by molar-refractivity contribution is 5.27. The highest BCUT2D eigenvalue weighted by atomic mass is 19.3. The normalized spacial score (nSPS) is 13.1. The Kier molecular flexibility index (Phi) is 5.03. The van der Waals surface area contributed by atoms with Gasteiger partial charge in [-0.25, -0.2) is 8.78 Å². The zero-order chi connectivity index (χ0) is 15.4. The first-order valence-corrected chi connectivity index (χ1v) is 6.77. The molecular weight excluding hydrogens is 274 g/mol. The third-order valence-corrected chi connectivity index (χ3v) is 3.49. The number of hydrogen-bond donors (Lipinski definition) is 1. The SMILES string of the molecule is CN(Cc1cnn(C)c1)C(CN)c1cccc(C(F)F)c1. The van der Waals surface area contributed by atoms with E-state index in [4.69, 9.17) is 5.73 Å². The lowest BCUT2D eigenvalue weighted by Gasteiger charge is -2.27. The fraction of sp³-hybridized carbons (Fsp3) is 0.400. The third-order valence-electron chi connectivity index (χ3n) is 3.49. The summed E-state index contributed by atoms with van der Waals surface area (Å²) in [6.07, 6.45) is 1.26. The van der Waals surface area contributed by atoms with E-state index >= 15 is 0 Å². The van der Waals surface area contributed by atoms with Crippen LogP contribution in [-0.4, -0.2) is 28.3 Å². The van der Waals surface area contributed by atoms with E-state index in [9.17, 15) is 8.78 Å². The van der Waals surface area contributed by atoms with Crippen molar-refractivity contribution in [1.82, 2.24) is 14.7 Å². The van der Waals surface area contributed by atoms with Gasteiger partial charge in [0.1, 0.15) is 0 Å². The number of aromatic nitrogens is 2. The van der Waals surface area contributed by atoms with Gasteiger partial charge in [-0.3, -0.25) is 9.58 Å². The predicted octanol–water partition coefficient (Wildman–Crippen LogP) is 2.49. The quantitative estimate of drug-likeness (QED) is 0.890. The number of nitrogens with two attached hydrogens (primary N) is 1. The lowest BCUT2D eigenvalue weighted by atomic mass is 10.0. The van der Waals surface area contributed by atoms with Crippen molar-refractivity contribution in [3.8, 4) is 0 Å². The molecule has 1 unspecified atom stereocenters. The average molecular weight is 294 g/mol. The minimum atomic E-state index is -2.47. The van der Waals surface area contributed by atoms with Crippen LogP contribution in [-0.2, 0) is 13.6 Å². The molecule has 6 heteroatoms. The van der Waals surface area contributed by atoms with Gasteiger partial charge in [-0.05, 0) is 18.7 Å². The maximum absolute atomic E-state index is 12.8. The molecule has 2 aromatic rings. The van der Waals surface area contributed by atoms with Crippen molar-refractivity contribution in [3.63, 3.8) is 0 Å². The Morgan fingerprint density at radius 1 is 1.33 bits per heavy atom. The van der Waals surface area contributed by atoms with Gasteiger partial charge in [0.2, 0.25) is 0 Å². The second kappa shape index (κ2) is 6.78. The van der Waals surface area contributed by atoms with Crippen LogP contribution in [0, 0.1) is 0 Å². The van der Waals surface area contributed by atoms with Crippen LogP contribution in [0.5, 0.6) is 0 Å². The number of nitrogens with zero attached hydrogens (tertiary/aromatic N) is 3. The van der Waals surface area contributed by atoms with E-state index in [1.165, 1.54) is 12.1 Å². The zero-order valence-electron chi connectivity index (χ0n) is 12.2. The summed E-state index contributed by atoms with van der Waals surface area (Å²) in [5, 5.41) is 4.12. The highest BCUT2D eigenvalue weighted by Crippen LogP contribution is 2.25. The van der Waals surface area contributed by atoms with Crippen LogP contribution < -0.4 is 5.73 Å². The van der Waals surface area contributed by atoms with E-state index in [0.717, 1.165) is 11.1 Å². The zero-order valence-corrected chi connectivity index (χ0v) is 12.2. The molecule has 0 radical (unpaired) electrons. The van der Waals surface area contributed by atoms with Crippen LogP contribution in [0.4, 0.5) is 8.78 Å². The van der Waals surface area contributed by atoms with E-state index in [0.29, 0.717) is 13.1 Å². The van der Waals surface area contributed by atoms with Gasteiger partial charge in [-0.15, -0.1) is 0 Å². The molecule has 0 fully saturated rings. The van der Waals surface area contributed by atoms with Crippen molar-refractivity contribution in [2.24, 2.45) is 12.8 Å². The van der Waals surface area contributed by atoms with Crippen LogP contribution in [0.2, 0.25) is 0 Å². The molecule has 0 saturated carbocycles. The summed E-state index contributed by atoms with van der Waals surface area (Å²) >= 11 is 0. The van der Waals surface area contributed by atoms with Crippen molar-refractivity contribution in [2.45, 2.75) is 19.0 Å². The fourth-order valence-electron chi connectivity index (χ4n) is 2.42. The van der Waals surface area contributed by atoms with Gasteiger partial charge in [0, 0.05) is 43.5 Å². The largest absolute Gasteiger partial charge is 0.329 e. The van der Waals surface area contributed by atoms with Gasteiger partial charge in [0.25, 0.3) is 6.43 Å². The molecule has 0 amide bonds. The number of benzene rings is 1. The molecule has 0 saturated heterocycles.